The predicted molar refractivity (Wildman–Crippen MR) is 75.3 cm³/mol. The molecule has 0 unspecified atom stereocenters. The summed E-state index contributed by atoms with van der Waals surface area (Å²) in [6.45, 7) is 1.69. The van der Waals surface area contributed by atoms with Crippen LogP contribution in [0.25, 0.3) is 0 Å². The van der Waals surface area contributed by atoms with Crippen LogP contribution in [0.1, 0.15) is 12.0 Å². The molecule has 1 saturated heterocycles. The number of methoxy groups -OCH3 is 1. The minimum Gasteiger partial charge on any atom is -0.469 e. The van der Waals surface area contributed by atoms with E-state index < -0.39 is 0 Å². The number of hydrogen-bond acceptors (Lipinski definition) is 4. The second-order valence-electron chi connectivity index (χ2n) is 5.72. The second kappa shape index (κ2) is 5.76. The van der Waals surface area contributed by atoms with Gasteiger partial charge in [0.15, 0.2) is 0 Å². The van der Waals surface area contributed by atoms with Crippen LogP contribution < -0.4 is 0 Å². The summed E-state index contributed by atoms with van der Waals surface area (Å²) >= 11 is 0. The van der Waals surface area contributed by atoms with E-state index in [4.69, 9.17) is 4.74 Å². The van der Waals surface area contributed by atoms with E-state index in [0.717, 1.165) is 5.56 Å². The van der Waals surface area contributed by atoms with Gasteiger partial charge in [-0.2, -0.15) is 0 Å². The quantitative estimate of drug-likeness (QED) is 0.796. The molecule has 1 aliphatic carbocycles. The summed E-state index contributed by atoms with van der Waals surface area (Å²) in [6, 6.07) is 9.64. The van der Waals surface area contributed by atoms with Crippen molar-refractivity contribution >= 4 is 12.1 Å². The monoisotopic (exact) mass is 289 g/mol. The molecular weight excluding hydrogens is 270 g/mol. The van der Waals surface area contributed by atoms with Gasteiger partial charge in [0, 0.05) is 19.5 Å². The Labute approximate surface area is 123 Å². The molecular formula is C16H19NO4. The first-order chi connectivity index (χ1) is 10.2. The van der Waals surface area contributed by atoms with Gasteiger partial charge in [0.1, 0.15) is 6.61 Å². The Morgan fingerprint density at radius 1 is 1.19 bits per heavy atom. The summed E-state index contributed by atoms with van der Waals surface area (Å²) in [4.78, 5) is 25.0. The minimum absolute atomic E-state index is 0.160. The zero-order valence-corrected chi connectivity index (χ0v) is 12.0. The normalized spacial score (nSPS) is 26.1. The molecule has 21 heavy (non-hydrogen) atoms. The molecule has 3 atom stereocenters. The Bertz CT molecular complexity index is 518. The highest BCUT2D eigenvalue weighted by atomic mass is 16.6. The van der Waals surface area contributed by atoms with Crippen molar-refractivity contribution < 1.29 is 19.1 Å². The number of esters is 1. The van der Waals surface area contributed by atoms with E-state index >= 15 is 0 Å². The number of amides is 1. The van der Waals surface area contributed by atoms with E-state index in [1.54, 1.807) is 4.90 Å². The number of likely N-dealkylation sites (tertiary alicyclic amines) is 1. The number of fused-ring (bicyclic) bond motifs is 1. The number of carbonyl (C=O) groups is 2. The maximum absolute atomic E-state index is 12.0. The second-order valence-corrected chi connectivity index (χ2v) is 5.72. The fraction of sp³-hybridized carbons (Fsp3) is 0.500. The predicted octanol–water partition coefficient (Wildman–Crippen LogP) is 2.06. The lowest BCUT2D eigenvalue weighted by atomic mass is 10.2. The lowest BCUT2D eigenvalue weighted by Gasteiger charge is -2.19. The highest BCUT2D eigenvalue weighted by Crippen LogP contribution is 2.53. The molecule has 2 fully saturated rings. The molecule has 0 spiro atoms. The van der Waals surface area contributed by atoms with Crippen LogP contribution in [0.3, 0.4) is 0 Å². The summed E-state index contributed by atoms with van der Waals surface area (Å²) in [5, 5.41) is 0. The molecule has 0 radical (unpaired) electrons. The van der Waals surface area contributed by atoms with Crippen LogP contribution in [0.2, 0.25) is 0 Å². The number of carbonyl (C=O) groups excluding carboxylic acids is 2. The highest BCUT2D eigenvalue weighted by Gasteiger charge is 2.57. The van der Waals surface area contributed by atoms with Crippen molar-refractivity contribution in [3.05, 3.63) is 35.9 Å². The zero-order chi connectivity index (χ0) is 14.8. The molecule has 1 aromatic rings. The average molecular weight is 289 g/mol. The maximum Gasteiger partial charge on any atom is 0.410 e. The van der Waals surface area contributed by atoms with E-state index in [1.807, 2.05) is 30.3 Å². The SMILES string of the molecule is COC(=O)C[C@@H]1[C@H]2CN(C(=O)OCc3ccccc3)C[C@@H]12. The molecule has 3 rings (SSSR count). The zero-order valence-electron chi connectivity index (χ0n) is 12.0. The molecule has 1 aromatic carbocycles. The average Bonchev–Trinajstić information content (AvgIpc) is 2.96. The Kier molecular flexibility index (Phi) is 3.82. The summed E-state index contributed by atoms with van der Waals surface area (Å²) < 4.78 is 10.00. The number of rotatable bonds is 4. The molecule has 1 saturated carbocycles. The molecule has 0 bridgehead atoms. The van der Waals surface area contributed by atoms with Gasteiger partial charge in [-0.25, -0.2) is 4.79 Å². The van der Waals surface area contributed by atoms with Gasteiger partial charge >= 0.3 is 12.1 Å². The molecule has 0 N–H and O–H groups in total. The van der Waals surface area contributed by atoms with Gasteiger partial charge in [-0.1, -0.05) is 30.3 Å². The first-order valence-electron chi connectivity index (χ1n) is 7.21. The Morgan fingerprint density at radius 3 is 2.48 bits per heavy atom. The first kappa shape index (κ1) is 13.9. The molecule has 5 heteroatoms. The standard InChI is InChI=1S/C16H19NO4/c1-20-15(18)7-12-13-8-17(9-14(12)13)16(19)21-10-11-5-3-2-4-6-11/h2-6,12-14H,7-10H2,1H3/t12-,13-,14+. The minimum atomic E-state index is -0.261. The number of benzene rings is 1. The van der Waals surface area contributed by atoms with Gasteiger partial charge in [0.25, 0.3) is 0 Å². The van der Waals surface area contributed by atoms with Crippen molar-refractivity contribution in [2.75, 3.05) is 20.2 Å². The van der Waals surface area contributed by atoms with Crippen molar-refractivity contribution in [3.63, 3.8) is 0 Å². The van der Waals surface area contributed by atoms with Crippen LogP contribution >= 0.6 is 0 Å². The fourth-order valence-electron chi connectivity index (χ4n) is 3.19. The topological polar surface area (TPSA) is 55.8 Å². The van der Waals surface area contributed by atoms with Crippen molar-refractivity contribution in [1.82, 2.24) is 4.90 Å². The van der Waals surface area contributed by atoms with E-state index in [0.29, 0.717) is 43.9 Å². The Hall–Kier alpha value is -2.04. The Morgan fingerprint density at radius 2 is 1.86 bits per heavy atom. The molecule has 5 nitrogen and oxygen atoms in total. The highest BCUT2D eigenvalue weighted by molar-refractivity contribution is 5.71. The third-order valence-electron chi connectivity index (χ3n) is 4.46. The summed E-state index contributed by atoms with van der Waals surface area (Å²) in [5.41, 5.74) is 0.985. The molecule has 0 aromatic heterocycles. The van der Waals surface area contributed by atoms with Gasteiger partial charge in [-0.15, -0.1) is 0 Å². The lowest BCUT2D eigenvalue weighted by Crippen LogP contribution is -2.32. The molecule has 1 heterocycles. The first-order valence-corrected chi connectivity index (χ1v) is 7.21. The van der Waals surface area contributed by atoms with Gasteiger partial charge < -0.3 is 14.4 Å². The Balaban J connectivity index is 1.42. The van der Waals surface area contributed by atoms with Crippen molar-refractivity contribution in [2.24, 2.45) is 17.8 Å². The summed E-state index contributed by atoms with van der Waals surface area (Å²) in [6.07, 6.45) is 0.210. The summed E-state index contributed by atoms with van der Waals surface area (Å²) in [5.74, 6) is 1.10. The molecule has 112 valence electrons. The van der Waals surface area contributed by atoms with E-state index in [1.165, 1.54) is 7.11 Å². The van der Waals surface area contributed by atoms with E-state index in [-0.39, 0.29) is 12.1 Å². The van der Waals surface area contributed by atoms with Crippen LogP contribution in [0, 0.1) is 17.8 Å². The van der Waals surface area contributed by atoms with Gasteiger partial charge in [-0.05, 0) is 23.3 Å². The number of piperidine rings is 1. The lowest BCUT2D eigenvalue weighted by molar-refractivity contribution is -0.141. The van der Waals surface area contributed by atoms with Crippen molar-refractivity contribution in [3.8, 4) is 0 Å². The molecule has 1 amide bonds. The third kappa shape index (κ3) is 3.01. The maximum atomic E-state index is 12.0. The van der Waals surface area contributed by atoms with Crippen LogP contribution in [0.5, 0.6) is 0 Å². The molecule has 2 aliphatic rings. The van der Waals surface area contributed by atoms with Crippen molar-refractivity contribution in [2.45, 2.75) is 13.0 Å². The van der Waals surface area contributed by atoms with Crippen LogP contribution in [0.4, 0.5) is 4.79 Å². The van der Waals surface area contributed by atoms with Crippen molar-refractivity contribution in [1.29, 1.82) is 0 Å². The fourth-order valence-corrected chi connectivity index (χ4v) is 3.19. The third-order valence-corrected chi connectivity index (χ3v) is 4.46. The van der Waals surface area contributed by atoms with Crippen LogP contribution in [0.15, 0.2) is 30.3 Å². The number of ether oxygens (including phenoxy) is 2. The largest absolute Gasteiger partial charge is 0.469 e. The smallest absolute Gasteiger partial charge is 0.410 e. The van der Waals surface area contributed by atoms with Gasteiger partial charge in [-0.3, -0.25) is 4.79 Å². The van der Waals surface area contributed by atoms with E-state index in [9.17, 15) is 9.59 Å². The van der Waals surface area contributed by atoms with Gasteiger partial charge in [0.05, 0.1) is 7.11 Å². The summed E-state index contributed by atoms with van der Waals surface area (Å²) in [7, 11) is 1.41. The number of nitrogens with zero attached hydrogens (tertiary/aromatic N) is 1. The van der Waals surface area contributed by atoms with Crippen LogP contribution in [-0.4, -0.2) is 37.2 Å². The molecule has 1 aliphatic heterocycles. The van der Waals surface area contributed by atoms with Gasteiger partial charge in [0.2, 0.25) is 0 Å². The van der Waals surface area contributed by atoms with Crippen LogP contribution in [-0.2, 0) is 20.9 Å². The number of hydrogen-bond donors (Lipinski definition) is 0. The van der Waals surface area contributed by atoms with E-state index in [2.05, 4.69) is 4.74 Å².